The standard InChI is InChI=1S/C14H28N2/c1-3-16-10-12(2)9-14(11-16)15-13-7-5-4-6-8-13/h12-15H,3-11H2,1-2H3. The van der Waals surface area contributed by atoms with Crippen molar-refractivity contribution in [3.05, 3.63) is 0 Å². The molecular formula is C14H28N2. The molecule has 1 aliphatic heterocycles. The van der Waals surface area contributed by atoms with Crippen molar-refractivity contribution in [3.8, 4) is 0 Å². The van der Waals surface area contributed by atoms with Gasteiger partial charge in [0.25, 0.3) is 0 Å². The number of likely N-dealkylation sites (N-methyl/N-ethyl adjacent to an activating group) is 1. The minimum atomic E-state index is 0.756. The van der Waals surface area contributed by atoms with Gasteiger partial charge in [0.2, 0.25) is 0 Å². The van der Waals surface area contributed by atoms with Crippen molar-refractivity contribution in [3.63, 3.8) is 0 Å². The van der Waals surface area contributed by atoms with Crippen LogP contribution < -0.4 is 5.32 Å². The van der Waals surface area contributed by atoms with E-state index in [4.69, 9.17) is 0 Å². The number of rotatable bonds is 3. The third kappa shape index (κ3) is 3.46. The van der Waals surface area contributed by atoms with E-state index in [1.165, 1.54) is 58.2 Å². The van der Waals surface area contributed by atoms with E-state index in [1.54, 1.807) is 0 Å². The van der Waals surface area contributed by atoms with Crippen LogP contribution in [0.1, 0.15) is 52.4 Å². The maximum atomic E-state index is 3.91. The van der Waals surface area contributed by atoms with E-state index < -0.39 is 0 Å². The first-order valence-electron chi connectivity index (χ1n) is 7.26. The van der Waals surface area contributed by atoms with Crippen molar-refractivity contribution < 1.29 is 0 Å². The Kier molecular flexibility index (Phi) is 4.66. The van der Waals surface area contributed by atoms with Crippen LogP contribution in [-0.4, -0.2) is 36.6 Å². The number of hydrogen-bond donors (Lipinski definition) is 1. The van der Waals surface area contributed by atoms with Gasteiger partial charge in [-0.25, -0.2) is 0 Å². The molecule has 1 saturated carbocycles. The second-order valence-corrected chi connectivity index (χ2v) is 5.89. The SMILES string of the molecule is CCN1CC(C)CC(NC2CCCCC2)C1. The quantitative estimate of drug-likeness (QED) is 0.793. The van der Waals surface area contributed by atoms with E-state index in [9.17, 15) is 0 Å². The third-order valence-electron chi connectivity index (χ3n) is 4.26. The Morgan fingerprint density at radius 3 is 2.50 bits per heavy atom. The molecule has 1 N–H and O–H groups in total. The zero-order chi connectivity index (χ0) is 11.4. The molecule has 0 amide bonds. The summed E-state index contributed by atoms with van der Waals surface area (Å²) in [5.74, 6) is 0.870. The molecule has 2 nitrogen and oxygen atoms in total. The van der Waals surface area contributed by atoms with Crippen LogP contribution in [0.25, 0.3) is 0 Å². The van der Waals surface area contributed by atoms with E-state index in [2.05, 4.69) is 24.1 Å². The predicted molar refractivity (Wildman–Crippen MR) is 69.7 cm³/mol. The highest BCUT2D eigenvalue weighted by atomic mass is 15.2. The summed E-state index contributed by atoms with van der Waals surface area (Å²) < 4.78 is 0. The first-order chi connectivity index (χ1) is 7.78. The molecule has 0 aromatic rings. The van der Waals surface area contributed by atoms with Gasteiger partial charge in [-0.15, -0.1) is 0 Å². The second kappa shape index (κ2) is 6.02. The van der Waals surface area contributed by atoms with E-state index in [0.717, 1.165) is 18.0 Å². The van der Waals surface area contributed by atoms with Crippen LogP contribution >= 0.6 is 0 Å². The van der Waals surface area contributed by atoms with Crippen LogP contribution in [-0.2, 0) is 0 Å². The molecule has 2 fully saturated rings. The zero-order valence-electron chi connectivity index (χ0n) is 11.0. The molecule has 0 aromatic carbocycles. The molecule has 0 spiro atoms. The number of likely N-dealkylation sites (tertiary alicyclic amines) is 1. The molecule has 0 bridgehead atoms. The number of piperidine rings is 1. The molecule has 0 aromatic heterocycles. The minimum absolute atomic E-state index is 0.756. The van der Waals surface area contributed by atoms with Gasteiger partial charge in [0.1, 0.15) is 0 Å². The molecule has 0 radical (unpaired) electrons. The third-order valence-corrected chi connectivity index (χ3v) is 4.26. The Bertz CT molecular complexity index is 199. The average molecular weight is 224 g/mol. The van der Waals surface area contributed by atoms with Gasteiger partial charge in [-0.05, 0) is 31.7 Å². The van der Waals surface area contributed by atoms with Crippen molar-refractivity contribution in [1.82, 2.24) is 10.2 Å². The van der Waals surface area contributed by atoms with Gasteiger partial charge in [0.15, 0.2) is 0 Å². The molecule has 2 atom stereocenters. The van der Waals surface area contributed by atoms with E-state index in [0.29, 0.717) is 0 Å². The number of nitrogens with zero attached hydrogens (tertiary/aromatic N) is 1. The van der Waals surface area contributed by atoms with Gasteiger partial charge < -0.3 is 10.2 Å². The Morgan fingerprint density at radius 1 is 1.06 bits per heavy atom. The summed E-state index contributed by atoms with van der Waals surface area (Å²) in [6, 6.07) is 1.58. The molecule has 1 saturated heterocycles. The van der Waals surface area contributed by atoms with Crippen LogP contribution in [0.2, 0.25) is 0 Å². The summed E-state index contributed by atoms with van der Waals surface area (Å²) in [5, 5.41) is 3.91. The fourth-order valence-corrected chi connectivity index (χ4v) is 3.44. The zero-order valence-corrected chi connectivity index (χ0v) is 11.0. The Morgan fingerprint density at radius 2 is 1.81 bits per heavy atom. The second-order valence-electron chi connectivity index (χ2n) is 5.89. The highest BCUT2D eigenvalue weighted by molar-refractivity contribution is 4.85. The number of hydrogen-bond acceptors (Lipinski definition) is 2. The maximum absolute atomic E-state index is 3.91. The number of nitrogens with one attached hydrogen (secondary N) is 1. The fourth-order valence-electron chi connectivity index (χ4n) is 3.44. The molecule has 2 rings (SSSR count). The summed E-state index contributed by atoms with van der Waals surface area (Å²) in [6.07, 6.45) is 8.55. The van der Waals surface area contributed by atoms with Crippen LogP contribution in [0, 0.1) is 5.92 Å². The van der Waals surface area contributed by atoms with Crippen LogP contribution in [0.4, 0.5) is 0 Å². The van der Waals surface area contributed by atoms with Crippen LogP contribution in [0.5, 0.6) is 0 Å². The monoisotopic (exact) mass is 224 g/mol. The highest BCUT2D eigenvalue weighted by Gasteiger charge is 2.25. The van der Waals surface area contributed by atoms with Gasteiger partial charge in [-0.3, -0.25) is 0 Å². The Hall–Kier alpha value is -0.0800. The molecule has 2 heteroatoms. The fraction of sp³-hybridized carbons (Fsp3) is 1.00. The van der Waals surface area contributed by atoms with Crippen molar-refractivity contribution in [2.45, 2.75) is 64.5 Å². The molecule has 2 aliphatic rings. The molecule has 1 heterocycles. The van der Waals surface area contributed by atoms with Gasteiger partial charge in [0, 0.05) is 25.2 Å². The molecular weight excluding hydrogens is 196 g/mol. The van der Waals surface area contributed by atoms with E-state index in [1.807, 2.05) is 0 Å². The van der Waals surface area contributed by atoms with Gasteiger partial charge >= 0.3 is 0 Å². The maximum Gasteiger partial charge on any atom is 0.0200 e. The Balaban J connectivity index is 1.78. The lowest BCUT2D eigenvalue weighted by molar-refractivity contribution is 0.144. The normalized spacial score (nSPS) is 34.1. The minimum Gasteiger partial charge on any atom is -0.310 e. The average Bonchev–Trinajstić information content (AvgIpc) is 2.29. The topological polar surface area (TPSA) is 15.3 Å². The van der Waals surface area contributed by atoms with Crippen LogP contribution in [0.15, 0.2) is 0 Å². The summed E-state index contributed by atoms with van der Waals surface area (Å²) >= 11 is 0. The Labute approximate surface area is 101 Å². The van der Waals surface area contributed by atoms with E-state index >= 15 is 0 Å². The van der Waals surface area contributed by atoms with Gasteiger partial charge in [-0.2, -0.15) is 0 Å². The van der Waals surface area contributed by atoms with E-state index in [-0.39, 0.29) is 0 Å². The largest absolute Gasteiger partial charge is 0.310 e. The first kappa shape index (κ1) is 12.4. The van der Waals surface area contributed by atoms with Crippen molar-refractivity contribution in [1.29, 1.82) is 0 Å². The first-order valence-corrected chi connectivity index (χ1v) is 7.26. The van der Waals surface area contributed by atoms with Crippen molar-refractivity contribution in [2.24, 2.45) is 5.92 Å². The molecule has 16 heavy (non-hydrogen) atoms. The van der Waals surface area contributed by atoms with Crippen molar-refractivity contribution in [2.75, 3.05) is 19.6 Å². The lowest BCUT2D eigenvalue weighted by atomic mass is 9.91. The molecule has 2 unspecified atom stereocenters. The highest BCUT2D eigenvalue weighted by Crippen LogP contribution is 2.21. The molecule has 1 aliphatic carbocycles. The smallest absolute Gasteiger partial charge is 0.0200 e. The lowest BCUT2D eigenvalue weighted by Crippen LogP contribution is -2.51. The van der Waals surface area contributed by atoms with Crippen molar-refractivity contribution >= 4 is 0 Å². The van der Waals surface area contributed by atoms with Gasteiger partial charge in [0.05, 0.1) is 0 Å². The van der Waals surface area contributed by atoms with Gasteiger partial charge in [-0.1, -0.05) is 33.1 Å². The summed E-state index contributed by atoms with van der Waals surface area (Å²) in [7, 11) is 0. The summed E-state index contributed by atoms with van der Waals surface area (Å²) in [5.41, 5.74) is 0. The molecule has 94 valence electrons. The predicted octanol–water partition coefficient (Wildman–Crippen LogP) is 2.64. The van der Waals surface area contributed by atoms with Crippen LogP contribution in [0.3, 0.4) is 0 Å². The lowest BCUT2D eigenvalue weighted by Gasteiger charge is -2.38. The summed E-state index contributed by atoms with van der Waals surface area (Å²) in [4.78, 5) is 2.61. The summed E-state index contributed by atoms with van der Waals surface area (Å²) in [6.45, 7) is 8.48.